The molecular formula is C36H50N4O13. The van der Waals surface area contributed by atoms with E-state index < -0.39 is 88.1 Å². The van der Waals surface area contributed by atoms with Crippen molar-refractivity contribution in [1.82, 2.24) is 9.80 Å². The Morgan fingerprint density at radius 3 is 2.26 bits per heavy atom. The summed E-state index contributed by atoms with van der Waals surface area (Å²) in [5, 5.41) is 46.7. The van der Waals surface area contributed by atoms with Crippen molar-refractivity contribution >= 4 is 41.0 Å². The standard InChI is InChI=1S/C36H50N4O13/c1-35(2,3)16-40(34(48)53-17-52-23(41)15-51-10-9-50-8)14-19-13-22(38(4)5)20-11-18-12-21-27(39(6)7)30(44)26(33(37)47)32(46)36(21,49)31(45)24(18)29(43)25(20)28(19)42/h13,18,21,27,42-43,46,49H,9-12,14-17H2,1-8H3,(H2,37,47). The maximum Gasteiger partial charge on any atom is 0.412 e. The Morgan fingerprint density at radius 2 is 1.70 bits per heavy atom. The summed E-state index contributed by atoms with van der Waals surface area (Å²) in [7, 11) is 8.02. The number of primary amides is 1. The number of carbonyl (C=O) groups is 5. The Kier molecular flexibility index (Phi) is 12.2. The Labute approximate surface area is 307 Å². The molecule has 17 heteroatoms. The molecule has 1 fully saturated rings. The summed E-state index contributed by atoms with van der Waals surface area (Å²) in [6.45, 7) is 4.87. The summed E-state index contributed by atoms with van der Waals surface area (Å²) in [5.74, 6) is -8.32. The smallest absolute Gasteiger partial charge is 0.412 e. The van der Waals surface area contributed by atoms with Crippen molar-refractivity contribution < 1.29 is 63.3 Å². The zero-order valence-electron chi connectivity index (χ0n) is 31.3. The number of nitrogens with two attached hydrogens (primary N) is 1. The normalized spacial score (nSPS) is 22.6. The number of phenolic OH excluding ortho intramolecular Hbond substituents is 1. The lowest BCUT2D eigenvalue weighted by molar-refractivity contribution is -0.158. The van der Waals surface area contributed by atoms with E-state index >= 15 is 0 Å². The number of hydrogen-bond donors (Lipinski definition) is 5. The monoisotopic (exact) mass is 746 g/mol. The second kappa shape index (κ2) is 15.7. The predicted molar refractivity (Wildman–Crippen MR) is 189 cm³/mol. The zero-order valence-corrected chi connectivity index (χ0v) is 31.3. The van der Waals surface area contributed by atoms with E-state index in [0.717, 1.165) is 0 Å². The average molecular weight is 747 g/mol. The Morgan fingerprint density at radius 1 is 1.04 bits per heavy atom. The number of methoxy groups -OCH3 is 1. The van der Waals surface area contributed by atoms with Crippen molar-refractivity contribution in [2.24, 2.45) is 23.0 Å². The van der Waals surface area contributed by atoms with E-state index in [1.165, 1.54) is 31.0 Å². The fraction of sp³-hybridized carbons (Fsp3) is 0.583. The van der Waals surface area contributed by atoms with Gasteiger partial charge >= 0.3 is 12.1 Å². The summed E-state index contributed by atoms with van der Waals surface area (Å²) in [6, 6.07) is 0.441. The third kappa shape index (κ3) is 7.97. The molecule has 0 saturated heterocycles. The summed E-state index contributed by atoms with van der Waals surface area (Å²) < 4.78 is 20.1. The van der Waals surface area contributed by atoms with E-state index in [-0.39, 0.29) is 62.5 Å². The first-order chi connectivity index (χ1) is 24.7. The maximum atomic E-state index is 14.3. The van der Waals surface area contributed by atoms with Crippen LogP contribution in [0.1, 0.15) is 43.9 Å². The van der Waals surface area contributed by atoms with Crippen LogP contribution in [0, 0.1) is 17.3 Å². The van der Waals surface area contributed by atoms with Gasteiger partial charge in [-0.1, -0.05) is 20.8 Å². The molecule has 4 rings (SSSR count). The topological polar surface area (TPSA) is 239 Å². The number of phenols is 1. The van der Waals surface area contributed by atoms with Crippen LogP contribution in [0.15, 0.2) is 23.0 Å². The maximum absolute atomic E-state index is 14.3. The van der Waals surface area contributed by atoms with Crippen molar-refractivity contribution in [2.75, 3.05) is 73.4 Å². The zero-order chi connectivity index (χ0) is 39.7. The number of ether oxygens (including phenoxy) is 4. The fourth-order valence-corrected chi connectivity index (χ4v) is 7.41. The first-order valence-corrected chi connectivity index (χ1v) is 17.0. The third-order valence-electron chi connectivity index (χ3n) is 9.60. The summed E-state index contributed by atoms with van der Waals surface area (Å²) in [5.41, 5.74) is 2.02. The van der Waals surface area contributed by atoms with Gasteiger partial charge in [0, 0.05) is 50.5 Å². The Hall–Kier alpha value is -4.71. The number of rotatable bonds is 13. The molecule has 1 aromatic rings. The molecule has 6 N–H and O–H groups in total. The van der Waals surface area contributed by atoms with Crippen LogP contribution >= 0.6 is 0 Å². The summed E-state index contributed by atoms with van der Waals surface area (Å²) >= 11 is 0. The number of amides is 2. The first-order valence-electron chi connectivity index (χ1n) is 17.0. The number of aliphatic hydroxyl groups excluding tert-OH is 2. The van der Waals surface area contributed by atoms with Crippen LogP contribution in [0.2, 0.25) is 0 Å². The minimum atomic E-state index is -2.78. The molecule has 2 amide bonds. The number of anilines is 1. The molecule has 53 heavy (non-hydrogen) atoms. The molecular weight excluding hydrogens is 696 g/mol. The largest absolute Gasteiger partial charge is 0.508 e. The molecule has 17 nitrogen and oxygen atoms in total. The van der Waals surface area contributed by atoms with E-state index in [1.807, 2.05) is 20.8 Å². The minimum Gasteiger partial charge on any atom is -0.508 e. The molecule has 4 atom stereocenters. The van der Waals surface area contributed by atoms with Crippen molar-refractivity contribution in [1.29, 1.82) is 0 Å². The molecule has 3 aliphatic rings. The summed E-state index contributed by atoms with van der Waals surface area (Å²) in [6.07, 6.45) is -0.842. The van der Waals surface area contributed by atoms with Crippen LogP contribution in [-0.4, -0.2) is 140 Å². The van der Waals surface area contributed by atoms with Crippen molar-refractivity contribution in [3.05, 3.63) is 39.7 Å². The SMILES string of the molecule is COCCOCC(=O)OCOC(=O)N(Cc1cc(N(C)C)c2c(c1O)C(O)=C1C(=O)C3(O)C(O)=C(C(N)=O)C(=O)C(N(C)C)C3CC1C2)CC(C)(C)C. The van der Waals surface area contributed by atoms with Gasteiger partial charge in [-0.3, -0.25) is 19.3 Å². The highest BCUT2D eigenvalue weighted by Gasteiger charge is 2.64. The molecule has 292 valence electrons. The molecule has 0 bridgehead atoms. The molecule has 4 unspecified atom stereocenters. The Balaban J connectivity index is 1.75. The van der Waals surface area contributed by atoms with Crippen LogP contribution < -0.4 is 10.6 Å². The van der Waals surface area contributed by atoms with E-state index in [9.17, 15) is 44.4 Å². The second-order valence-corrected chi connectivity index (χ2v) is 15.1. The number of benzene rings is 1. The first kappa shape index (κ1) is 41.1. The molecule has 1 aromatic carbocycles. The van der Waals surface area contributed by atoms with E-state index in [2.05, 4.69) is 0 Å². The number of ketones is 2. The number of aromatic hydroxyl groups is 1. The predicted octanol–water partition coefficient (Wildman–Crippen LogP) is 1.18. The van der Waals surface area contributed by atoms with Gasteiger partial charge in [0.1, 0.15) is 29.4 Å². The van der Waals surface area contributed by atoms with Gasteiger partial charge in [0.15, 0.2) is 11.4 Å². The van der Waals surface area contributed by atoms with Gasteiger partial charge < -0.3 is 54.9 Å². The van der Waals surface area contributed by atoms with Gasteiger partial charge in [-0.15, -0.1) is 0 Å². The lowest BCUT2D eigenvalue weighted by Crippen LogP contribution is -2.65. The molecule has 0 radical (unpaired) electrons. The summed E-state index contributed by atoms with van der Waals surface area (Å²) in [4.78, 5) is 69.8. The molecule has 3 aliphatic carbocycles. The van der Waals surface area contributed by atoms with Crippen LogP contribution in [0.25, 0.3) is 5.76 Å². The highest BCUT2D eigenvalue weighted by atomic mass is 16.7. The minimum absolute atomic E-state index is 0.0593. The van der Waals surface area contributed by atoms with E-state index in [0.29, 0.717) is 11.3 Å². The molecule has 1 saturated carbocycles. The number of likely N-dealkylation sites (N-methyl/N-ethyl adjacent to an activating group) is 1. The van der Waals surface area contributed by atoms with Crippen LogP contribution in [0.3, 0.4) is 0 Å². The lowest BCUT2D eigenvalue weighted by atomic mass is 9.57. The van der Waals surface area contributed by atoms with E-state index in [1.54, 1.807) is 25.1 Å². The molecule has 0 heterocycles. The van der Waals surface area contributed by atoms with Crippen molar-refractivity contribution in [3.8, 4) is 5.75 Å². The van der Waals surface area contributed by atoms with Crippen LogP contribution in [-0.2, 0) is 51.1 Å². The van der Waals surface area contributed by atoms with Gasteiger partial charge in [0.25, 0.3) is 5.91 Å². The lowest BCUT2D eigenvalue weighted by Gasteiger charge is -2.50. The third-order valence-corrected chi connectivity index (χ3v) is 9.60. The average Bonchev–Trinajstić information content (AvgIpc) is 3.04. The van der Waals surface area contributed by atoms with Gasteiger partial charge in [0.2, 0.25) is 12.6 Å². The van der Waals surface area contributed by atoms with E-state index in [4.69, 9.17) is 24.7 Å². The molecule has 0 aliphatic heterocycles. The highest BCUT2D eigenvalue weighted by Crippen LogP contribution is 2.54. The Bertz CT molecular complexity index is 1730. The number of nitrogens with zero attached hydrogens (tertiary/aromatic N) is 3. The highest BCUT2D eigenvalue weighted by molar-refractivity contribution is 6.24. The van der Waals surface area contributed by atoms with Gasteiger partial charge in [-0.2, -0.15) is 0 Å². The number of carbonyl (C=O) groups excluding carboxylic acids is 5. The number of aliphatic hydroxyl groups is 3. The van der Waals surface area contributed by atoms with Crippen LogP contribution in [0.5, 0.6) is 5.75 Å². The fourth-order valence-electron chi connectivity index (χ4n) is 7.41. The van der Waals surface area contributed by atoms with Crippen molar-refractivity contribution in [2.45, 2.75) is 51.8 Å². The van der Waals surface area contributed by atoms with Gasteiger partial charge in [-0.25, -0.2) is 9.59 Å². The van der Waals surface area contributed by atoms with Crippen LogP contribution in [0.4, 0.5) is 10.5 Å². The quantitative estimate of drug-likeness (QED) is 0.0824. The second-order valence-electron chi connectivity index (χ2n) is 15.1. The van der Waals surface area contributed by atoms with Gasteiger partial charge in [0.05, 0.1) is 31.4 Å². The molecule has 0 aromatic heterocycles. The number of Topliss-reactive ketones (excluding diaryl/α,β-unsaturated/α-hetero) is 2. The number of fused-ring (bicyclic) bond motifs is 3. The van der Waals surface area contributed by atoms with Gasteiger partial charge in [-0.05, 0) is 49.9 Å². The number of esters is 1. The van der Waals surface area contributed by atoms with Crippen molar-refractivity contribution in [3.63, 3.8) is 0 Å². The molecule has 0 spiro atoms. The number of hydrogen-bond acceptors (Lipinski definition) is 15.